The number of hydrogen-bond donors (Lipinski definition) is 0. The molecule has 0 radical (unpaired) electrons. The van der Waals surface area contributed by atoms with Crippen molar-refractivity contribution in [1.29, 1.82) is 0 Å². The molecule has 1 heteroatoms. The van der Waals surface area contributed by atoms with E-state index in [1.165, 1.54) is 28.8 Å². The fourth-order valence-electron chi connectivity index (χ4n) is 1.98. The van der Waals surface area contributed by atoms with Gasteiger partial charge in [-0.3, -0.25) is 4.99 Å². The van der Waals surface area contributed by atoms with E-state index in [2.05, 4.69) is 44.0 Å². The van der Waals surface area contributed by atoms with Crippen LogP contribution in [-0.4, -0.2) is 12.3 Å². The number of aliphatic imine (C=N–C) groups is 1. The van der Waals surface area contributed by atoms with Crippen LogP contribution >= 0.6 is 0 Å². The molecular formula is C14H19N. The number of benzene rings is 1. The third-order valence-corrected chi connectivity index (χ3v) is 3.31. The van der Waals surface area contributed by atoms with Crippen molar-refractivity contribution >= 4 is 5.71 Å². The molecule has 0 aromatic heterocycles. The molecule has 0 fully saturated rings. The topological polar surface area (TPSA) is 12.4 Å². The summed E-state index contributed by atoms with van der Waals surface area (Å²) in [4.78, 5) is 4.67. The highest BCUT2D eigenvalue weighted by molar-refractivity contribution is 6.01. The van der Waals surface area contributed by atoms with Gasteiger partial charge in [0.05, 0.1) is 0 Å². The Hall–Kier alpha value is -1.11. The van der Waals surface area contributed by atoms with E-state index in [9.17, 15) is 0 Å². The second kappa shape index (κ2) is 4.18. The lowest BCUT2D eigenvalue weighted by molar-refractivity contribution is 0.538. The minimum absolute atomic E-state index is 0.764. The molecule has 1 aliphatic heterocycles. The number of aryl methyl sites for hydroxylation is 2. The van der Waals surface area contributed by atoms with Gasteiger partial charge in [-0.15, -0.1) is 0 Å². The summed E-state index contributed by atoms with van der Waals surface area (Å²) in [5.74, 6) is 0.764. The van der Waals surface area contributed by atoms with Crippen LogP contribution in [0.3, 0.4) is 0 Å². The molecular weight excluding hydrogens is 182 g/mol. The number of rotatable bonds is 1. The smallest absolute Gasteiger partial charge is 0.0420 e. The first kappa shape index (κ1) is 10.4. The average Bonchev–Trinajstić information content (AvgIpc) is 2.23. The van der Waals surface area contributed by atoms with Crippen molar-refractivity contribution in [3.8, 4) is 0 Å². The average molecular weight is 201 g/mol. The van der Waals surface area contributed by atoms with E-state index in [1.807, 2.05) is 0 Å². The minimum atomic E-state index is 0.764. The van der Waals surface area contributed by atoms with Crippen molar-refractivity contribution in [2.45, 2.75) is 33.6 Å². The second-order valence-corrected chi connectivity index (χ2v) is 4.73. The molecule has 0 amide bonds. The van der Waals surface area contributed by atoms with E-state index in [0.717, 1.165) is 18.9 Å². The second-order valence-electron chi connectivity index (χ2n) is 4.73. The fraction of sp³-hybridized carbons (Fsp3) is 0.500. The Labute approximate surface area is 92.2 Å². The molecule has 0 saturated heterocycles. The van der Waals surface area contributed by atoms with Crippen molar-refractivity contribution in [3.05, 3.63) is 34.9 Å². The quantitative estimate of drug-likeness (QED) is 0.659. The van der Waals surface area contributed by atoms with Crippen LogP contribution in [0.4, 0.5) is 0 Å². The predicted octanol–water partition coefficient (Wildman–Crippen LogP) is 3.52. The van der Waals surface area contributed by atoms with E-state index < -0.39 is 0 Å². The van der Waals surface area contributed by atoms with Gasteiger partial charge in [0.15, 0.2) is 0 Å². The van der Waals surface area contributed by atoms with Crippen LogP contribution in [0.2, 0.25) is 0 Å². The first-order valence-corrected chi connectivity index (χ1v) is 5.78. The number of hydrogen-bond acceptors (Lipinski definition) is 1. The number of nitrogens with zero attached hydrogens (tertiary/aromatic N) is 1. The standard InChI is InChI=1S/C14H19N/c1-10-4-7-14(15-9-10)13-6-5-11(2)12(3)8-13/h5-6,8,10H,4,7,9H2,1-3H3/t10-/m0/s1. The molecule has 1 atom stereocenters. The van der Waals surface area contributed by atoms with Crippen LogP contribution in [0.1, 0.15) is 36.5 Å². The largest absolute Gasteiger partial charge is 0.289 e. The SMILES string of the molecule is Cc1ccc(C2=NC[C@@H](C)CC2)cc1C. The van der Waals surface area contributed by atoms with E-state index in [1.54, 1.807) is 0 Å². The van der Waals surface area contributed by atoms with Crippen LogP contribution in [-0.2, 0) is 0 Å². The summed E-state index contributed by atoms with van der Waals surface area (Å²) in [6, 6.07) is 6.67. The monoisotopic (exact) mass is 201 g/mol. The Bertz CT molecular complexity index is 390. The zero-order valence-corrected chi connectivity index (χ0v) is 9.88. The van der Waals surface area contributed by atoms with E-state index in [-0.39, 0.29) is 0 Å². The van der Waals surface area contributed by atoms with Gasteiger partial charge in [0.1, 0.15) is 0 Å². The maximum absolute atomic E-state index is 4.67. The molecule has 0 aliphatic carbocycles. The lowest BCUT2D eigenvalue weighted by atomic mass is 9.94. The van der Waals surface area contributed by atoms with Crippen molar-refractivity contribution in [3.63, 3.8) is 0 Å². The van der Waals surface area contributed by atoms with Crippen molar-refractivity contribution in [2.75, 3.05) is 6.54 Å². The molecule has 0 spiro atoms. The van der Waals surface area contributed by atoms with Gasteiger partial charge >= 0.3 is 0 Å². The Morgan fingerprint density at radius 2 is 2.00 bits per heavy atom. The molecule has 1 aromatic rings. The van der Waals surface area contributed by atoms with Gasteiger partial charge < -0.3 is 0 Å². The van der Waals surface area contributed by atoms with E-state index in [4.69, 9.17) is 0 Å². The molecule has 0 saturated carbocycles. The molecule has 1 nitrogen and oxygen atoms in total. The molecule has 1 aromatic carbocycles. The lowest BCUT2D eigenvalue weighted by Gasteiger charge is -2.18. The van der Waals surface area contributed by atoms with Gasteiger partial charge in [0, 0.05) is 12.3 Å². The predicted molar refractivity (Wildman–Crippen MR) is 65.7 cm³/mol. The first-order chi connectivity index (χ1) is 7.16. The zero-order valence-electron chi connectivity index (χ0n) is 9.88. The van der Waals surface area contributed by atoms with Gasteiger partial charge in [0.25, 0.3) is 0 Å². The summed E-state index contributed by atoms with van der Waals surface area (Å²) in [5, 5.41) is 0. The van der Waals surface area contributed by atoms with Gasteiger partial charge in [-0.05, 0) is 55.4 Å². The van der Waals surface area contributed by atoms with Gasteiger partial charge in [-0.2, -0.15) is 0 Å². The molecule has 0 unspecified atom stereocenters. The molecule has 1 heterocycles. The molecule has 0 N–H and O–H groups in total. The fourth-order valence-corrected chi connectivity index (χ4v) is 1.98. The Balaban J connectivity index is 2.26. The first-order valence-electron chi connectivity index (χ1n) is 5.78. The van der Waals surface area contributed by atoms with Crippen molar-refractivity contribution < 1.29 is 0 Å². The van der Waals surface area contributed by atoms with Crippen LogP contribution < -0.4 is 0 Å². The normalized spacial score (nSPS) is 21.3. The zero-order chi connectivity index (χ0) is 10.8. The van der Waals surface area contributed by atoms with Crippen LogP contribution in [0.25, 0.3) is 0 Å². The Kier molecular flexibility index (Phi) is 2.90. The molecule has 1 aliphatic rings. The van der Waals surface area contributed by atoms with Crippen LogP contribution in [0.15, 0.2) is 23.2 Å². The van der Waals surface area contributed by atoms with Crippen LogP contribution in [0, 0.1) is 19.8 Å². The minimum Gasteiger partial charge on any atom is -0.289 e. The lowest BCUT2D eigenvalue weighted by Crippen LogP contribution is -2.14. The molecule has 15 heavy (non-hydrogen) atoms. The molecule has 2 rings (SSSR count). The summed E-state index contributed by atoms with van der Waals surface area (Å²) in [6.07, 6.45) is 2.43. The summed E-state index contributed by atoms with van der Waals surface area (Å²) >= 11 is 0. The Morgan fingerprint density at radius 1 is 1.20 bits per heavy atom. The third-order valence-electron chi connectivity index (χ3n) is 3.31. The maximum Gasteiger partial charge on any atom is 0.0420 e. The summed E-state index contributed by atoms with van der Waals surface area (Å²) in [5.41, 5.74) is 5.36. The molecule has 80 valence electrons. The summed E-state index contributed by atoms with van der Waals surface area (Å²) < 4.78 is 0. The highest BCUT2D eigenvalue weighted by Gasteiger charge is 2.12. The summed E-state index contributed by atoms with van der Waals surface area (Å²) in [6.45, 7) is 7.61. The van der Waals surface area contributed by atoms with E-state index >= 15 is 0 Å². The highest BCUT2D eigenvalue weighted by Crippen LogP contribution is 2.19. The third kappa shape index (κ3) is 2.28. The van der Waals surface area contributed by atoms with Gasteiger partial charge in [0.2, 0.25) is 0 Å². The maximum atomic E-state index is 4.67. The van der Waals surface area contributed by atoms with Crippen molar-refractivity contribution in [1.82, 2.24) is 0 Å². The summed E-state index contributed by atoms with van der Waals surface area (Å²) in [7, 11) is 0. The highest BCUT2D eigenvalue weighted by atomic mass is 14.8. The Morgan fingerprint density at radius 3 is 2.60 bits per heavy atom. The van der Waals surface area contributed by atoms with E-state index in [0.29, 0.717) is 0 Å². The van der Waals surface area contributed by atoms with Gasteiger partial charge in [-0.25, -0.2) is 0 Å². The van der Waals surface area contributed by atoms with Gasteiger partial charge in [-0.1, -0.05) is 19.1 Å². The molecule has 0 bridgehead atoms. The van der Waals surface area contributed by atoms with Crippen molar-refractivity contribution in [2.24, 2.45) is 10.9 Å². The van der Waals surface area contributed by atoms with Crippen LogP contribution in [0.5, 0.6) is 0 Å².